The zero-order valence-corrected chi connectivity index (χ0v) is 15.6. The minimum atomic E-state index is -0.419. The monoisotopic (exact) mass is 341 g/mol. The summed E-state index contributed by atoms with van der Waals surface area (Å²) in [4.78, 5) is 14.1. The summed E-state index contributed by atoms with van der Waals surface area (Å²) in [6.45, 7) is 9.06. The number of hydrogen-bond acceptors (Lipinski definition) is 3. The Balaban J connectivity index is 2.15. The number of rotatable bonds is 8. The first-order chi connectivity index (χ1) is 10.7. The molecule has 1 aromatic heterocycles. The highest BCUT2D eigenvalue weighted by Crippen LogP contribution is 2.41. The van der Waals surface area contributed by atoms with Gasteiger partial charge < -0.3 is 9.64 Å². The van der Waals surface area contributed by atoms with Gasteiger partial charge in [-0.2, -0.15) is 5.10 Å². The molecule has 1 saturated carbocycles. The van der Waals surface area contributed by atoms with Crippen molar-refractivity contribution in [1.29, 1.82) is 0 Å². The van der Waals surface area contributed by atoms with E-state index in [4.69, 9.17) is 16.3 Å². The molecule has 1 aliphatic rings. The number of carbonyl (C=O) groups excluding carboxylic acids is 1. The Kier molecular flexibility index (Phi) is 5.74. The van der Waals surface area contributed by atoms with E-state index in [0.717, 1.165) is 5.56 Å². The van der Waals surface area contributed by atoms with Crippen LogP contribution in [0.3, 0.4) is 0 Å². The number of halogens is 1. The first kappa shape index (κ1) is 18.3. The highest BCUT2D eigenvalue weighted by molar-refractivity contribution is 6.27. The van der Waals surface area contributed by atoms with Crippen LogP contribution >= 0.6 is 11.6 Å². The Bertz CT molecular complexity index is 550. The minimum absolute atomic E-state index is 0.0171. The molecule has 0 bridgehead atoms. The van der Waals surface area contributed by atoms with Crippen LogP contribution in [0.1, 0.15) is 57.7 Å². The van der Waals surface area contributed by atoms with Gasteiger partial charge in [-0.15, -0.1) is 11.6 Å². The molecule has 0 radical (unpaired) electrons. The molecular weight excluding hydrogens is 314 g/mol. The maximum absolute atomic E-state index is 12.3. The molecule has 0 spiro atoms. The van der Waals surface area contributed by atoms with Crippen LogP contribution in [0.5, 0.6) is 0 Å². The molecule has 1 aliphatic carbocycles. The van der Waals surface area contributed by atoms with E-state index in [1.165, 1.54) is 18.5 Å². The van der Waals surface area contributed by atoms with Gasteiger partial charge in [-0.05, 0) is 40.5 Å². The molecule has 0 unspecified atom stereocenters. The molecule has 23 heavy (non-hydrogen) atoms. The number of amides is 1. The molecule has 1 aromatic rings. The van der Waals surface area contributed by atoms with Crippen LogP contribution in [0.2, 0.25) is 0 Å². The lowest BCUT2D eigenvalue weighted by Crippen LogP contribution is -2.45. The second-order valence-corrected chi connectivity index (χ2v) is 7.53. The van der Waals surface area contributed by atoms with E-state index in [1.54, 1.807) is 4.90 Å². The number of hydrogen-bond donors (Lipinski definition) is 0. The summed E-state index contributed by atoms with van der Waals surface area (Å²) in [5.41, 5.74) is 1.95. The van der Waals surface area contributed by atoms with Crippen molar-refractivity contribution in [2.24, 2.45) is 7.05 Å². The summed E-state index contributed by atoms with van der Waals surface area (Å²) in [6.07, 6.45) is 4.40. The lowest BCUT2D eigenvalue weighted by molar-refractivity contribution is -0.136. The lowest BCUT2D eigenvalue weighted by atomic mass is 10.1. The fourth-order valence-corrected chi connectivity index (χ4v) is 3.32. The van der Waals surface area contributed by atoms with Crippen molar-refractivity contribution in [3.05, 3.63) is 17.5 Å². The number of aromatic nitrogens is 2. The van der Waals surface area contributed by atoms with Gasteiger partial charge in [-0.1, -0.05) is 0 Å². The molecule has 6 heteroatoms. The molecule has 0 aliphatic heterocycles. The topological polar surface area (TPSA) is 47.4 Å². The predicted octanol–water partition coefficient (Wildman–Crippen LogP) is 3.07. The van der Waals surface area contributed by atoms with Gasteiger partial charge in [-0.25, -0.2) is 0 Å². The van der Waals surface area contributed by atoms with E-state index in [-0.39, 0.29) is 17.9 Å². The van der Waals surface area contributed by atoms with Crippen LogP contribution < -0.4 is 0 Å². The number of aryl methyl sites for hydroxylation is 1. The minimum Gasteiger partial charge on any atom is -0.371 e. The van der Waals surface area contributed by atoms with Gasteiger partial charge in [0.15, 0.2) is 0 Å². The second-order valence-electron chi connectivity index (χ2n) is 7.26. The molecule has 0 aromatic carbocycles. The third-order valence-electron chi connectivity index (χ3n) is 3.98. The third-order valence-corrected chi connectivity index (χ3v) is 4.21. The normalized spacial score (nSPS) is 15.3. The van der Waals surface area contributed by atoms with E-state index >= 15 is 0 Å². The van der Waals surface area contributed by atoms with Crippen molar-refractivity contribution in [3.8, 4) is 0 Å². The second kappa shape index (κ2) is 7.22. The van der Waals surface area contributed by atoms with Crippen LogP contribution in [0.15, 0.2) is 6.20 Å². The highest BCUT2D eigenvalue weighted by Gasteiger charge is 2.32. The maximum atomic E-state index is 12.3. The predicted molar refractivity (Wildman–Crippen MR) is 91.6 cm³/mol. The van der Waals surface area contributed by atoms with E-state index in [0.29, 0.717) is 19.0 Å². The van der Waals surface area contributed by atoms with E-state index in [1.807, 2.05) is 45.6 Å². The Labute approximate surface area is 143 Å². The molecule has 1 amide bonds. The van der Waals surface area contributed by atoms with Gasteiger partial charge in [0.1, 0.15) is 5.88 Å². The standard InChI is InChI=1S/C17H28ClN3O2/c1-12(2)23-17(3,4)11-21(15(22)8-18)10-14-9-19-20(5)16(14)13-6-7-13/h9,12-13H,6-8,10-11H2,1-5H3. The van der Waals surface area contributed by atoms with Crippen LogP contribution in [-0.4, -0.2) is 44.7 Å². The number of ether oxygens (including phenoxy) is 1. The van der Waals surface area contributed by atoms with Gasteiger partial charge >= 0.3 is 0 Å². The van der Waals surface area contributed by atoms with Crippen LogP contribution in [0.25, 0.3) is 0 Å². The van der Waals surface area contributed by atoms with Crippen LogP contribution in [0, 0.1) is 0 Å². The van der Waals surface area contributed by atoms with Crippen molar-refractivity contribution in [2.45, 2.75) is 64.7 Å². The molecule has 5 nitrogen and oxygen atoms in total. The van der Waals surface area contributed by atoms with Crippen molar-refractivity contribution in [2.75, 3.05) is 12.4 Å². The molecule has 0 atom stereocenters. The average Bonchev–Trinajstić information content (AvgIpc) is 3.20. The van der Waals surface area contributed by atoms with Gasteiger partial charge in [-0.3, -0.25) is 9.48 Å². The van der Waals surface area contributed by atoms with Crippen molar-refractivity contribution in [1.82, 2.24) is 14.7 Å². The van der Waals surface area contributed by atoms with Crippen LogP contribution in [-0.2, 0) is 23.1 Å². The Morgan fingerprint density at radius 2 is 2.17 bits per heavy atom. The molecule has 1 fully saturated rings. The number of carbonyl (C=O) groups is 1. The van der Waals surface area contributed by atoms with Gasteiger partial charge in [0.2, 0.25) is 5.91 Å². The largest absolute Gasteiger partial charge is 0.371 e. The van der Waals surface area contributed by atoms with E-state index in [2.05, 4.69) is 5.10 Å². The SMILES string of the molecule is CC(C)OC(C)(C)CN(Cc1cnn(C)c1C1CC1)C(=O)CCl. The first-order valence-corrected chi connectivity index (χ1v) is 8.79. The Morgan fingerprint density at radius 1 is 1.52 bits per heavy atom. The van der Waals surface area contributed by atoms with Crippen molar-refractivity contribution >= 4 is 17.5 Å². The summed E-state index contributed by atoms with van der Waals surface area (Å²) in [5.74, 6) is 0.500. The summed E-state index contributed by atoms with van der Waals surface area (Å²) < 4.78 is 7.87. The summed E-state index contributed by atoms with van der Waals surface area (Å²) >= 11 is 5.81. The van der Waals surface area contributed by atoms with E-state index in [9.17, 15) is 4.79 Å². The summed E-state index contributed by atoms with van der Waals surface area (Å²) in [5, 5.41) is 4.38. The molecular formula is C17H28ClN3O2. The highest BCUT2D eigenvalue weighted by atomic mass is 35.5. The average molecular weight is 342 g/mol. The summed E-state index contributed by atoms with van der Waals surface area (Å²) in [7, 11) is 1.97. The Hall–Kier alpha value is -1.07. The fraction of sp³-hybridized carbons (Fsp3) is 0.765. The van der Waals surface area contributed by atoms with Crippen LogP contribution in [0.4, 0.5) is 0 Å². The quantitative estimate of drug-likeness (QED) is 0.683. The zero-order chi connectivity index (χ0) is 17.2. The molecule has 130 valence electrons. The zero-order valence-electron chi connectivity index (χ0n) is 14.8. The van der Waals surface area contributed by atoms with Crippen molar-refractivity contribution < 1.29 is 9.53 Å². The maximum Gasteiger partial charge on any atom is 0.237 e. The number of nitrogens with zero attached hydrogens (tertiary/aromatic N) is 3. The molecule has 0 N–H and O–H groups in total. The summed E-state index contributed by atoms with van der Waals surface area (Å²) in [6, 6.07) is 0. The Morgan fingerprint density at radius 3 is 2.70 bits per heavy atom. The lowest BCUT2D eigenvalue weighted by Gasteiger charge is -2.34. The first-order valence-electron chi connectivity index (χ1n) is 8.26. The van der Waals surface area contributed by atoms with Gasteiger partial charge in [0, 0.05) is 37.3 Å². The van der Waals surface area contributed by atoms with Crippen molar-refractivity contribution in [3.63, 3.8) is 0 Å². The third kappa shape index (κ3) is 4.95. The van der Waals surface area contributed by atoms with Gasteiger partial charge in [0.05, 0.1) is 17.9 Å². The van der Waals surface area contributed by atoms with Gasteiger partial charge in [0.25, 0.3) is 0 Å². The molecule has 0 saturated heterocycles. The van der Waals surface area contributed by atoms with E-state index < -0.39 is 5.60 Å². The fourth-order valence-electron chi connectivity index (χ4n) is 3.15. The molecule has 2 rings (SSSR count). The smallest absolute Gasteiger partial charge is 0.237 e. The number of alkyl halides is 1. The molecule has 1 heterocycles.